The fourth-order valence-corrected chi connectivity index (χ4v) is 2.61. The maximum absolute atomic E-state index is 6.27. The number of benzene rings is 1. The molecule has 0 heterocycles. The molecule has 1 N–H and O–H groups in total. The second-order valence-corrected chi connectivity index (χ2v) is 6.18. The van der Waals surface area contributed by atoms with Crippen LogP contribution in [0.4, 0.5) is 0 Å². The van der Waals surface area contributed by atoms with Gasteiger partial charge in [0.2, 0.25) is 0 Å². The molecule has 0 fully saturated rings. The summed E-state index contributed by atoms with van der Waals surface area (Å²) in [5, 5.41) is 4.26. The van der Waals surface area contributed by atoms with E-state index in [0.29, 0.717) is 0 Å². The number of likely N-dealkylation sites (N-methyl/N-ethyl adjacent to an activating group) is 1. The molecule has 0 bridgehead atoms. The highest BCUT2D eigenvalue weighted by Crippen LogP contribution is 2.25. The molecule has 1 aromatic carbocycles. The van der Waals surface area contributed by atoms with Gasteiger partial charge in [-0.15, -0.1) is 0 Å². The first-order valence-corrected chi connectivity index (χ1v) is 7.30. The minimum absolute atomic E-state index is 0.228. The van der Waals surface area contributed by atoms with Crippen molar-refractivity contribution in [2.75, 3.05) is 13.7 Å². The van der Waals surface area contributed by atoms with Crippen molar-refractivity contribution >= 4 is 27.5 Å². The smallest absolute Gasteiger partial charge is 0.0778 e. The summed E-state index contributed by atoms with van der Waals surface area (Å²) in [5.74, 6) is 0. The van der Waals surface area contributed by atoms with Gasteiger partial charge in [-0.25, -0.2) is 0 Å². The van der Waals surface area contributed by atoms with Crippen molar-refractivity contribution in [3.05, 3.63) is 33.3 Å². The van der Waals surface area contributed by atoms with E-state index in [1.165, 1.54) is 0 Å². The molecular weight excluding hydrogens is 314 g/mol. The Balaban J connectivity index is 2.89. The Bertz CT molecular complexity index is 395. The van der Waals surface area contributed by atoms with Crippen LogP contribution in [0.25, 0.3) is 0 Å². The van der Waals surface area contributed by atoms with Gasteiger partial charge >= 0.3 is 0 Å². The number of hydrogen-bond donors (Lipinski definition) is 1. The molecule has 0 aliphatic heterocycles. The fraction of sp³-hybridized carbons (Fsp3) is 0.571. The van der Waals surface area contributed by atoms with E-state index >= 15 is 0 Å². The lowest BCUT2D eigenvalue weighted by molar-refractivity contribution is -0.00959. The first-order chi connectivity index (χ1) is 8.40. The van der Waals surface area contributed by atoms with Gasteiger partial charge < -0.3 is 10.1 Å². The third kappa shape index (κ3) is 4.23. The van der Waals surface area contributed by atoms with Crippen molar-refractivity contribution in [1.82, 2.24) is 5.32 Å². The summed E-state index contributed by atoms with van der Waals surface area (Å²) in [7, 11) is 1.74. The first-order valence-electron chi connectivity index (χ1n) is 6.13. The average molecular weight is 335 g/mol. The Kier molecular flexibility index (Phi) is 6.12. The molecule has 0 saturated carbocycles. The van der Waals surface area contributed by atoms with Crippen LogP contribution in [0.5, 0.6) is 0 Å². The standard InChI is InChI=1S/C14H21BrClNO/c1-5-17-13(14(2,3)18-4)8-10-6-7-11(15)9-12(10)16/h6-7,9,13,17H,5,8H2,1-4H3. The average Bonchev–Trinajstić information content (AvgIpc) is 2.31. The molecule has 0 aromatic heterocycles. The van der Waals surface area contributed by atoms with E-state index in [1.807, 2.05) is 12.1 Å². The highest BCUT2D eigenvalue weighted by Gasteiger charge is 2.29. The van der Waals surface area contributed by atoms with Crippen LogP contribution in [0, 0.1) is 0 Å². The molecular formula is C14H21BrClNO. The fourth-order valence-electron chi connectivity index (χ4n) is 1.86. The lowest BCUT2D eigenvalue weighted by Gasteiger charge is -2.34. The third-order valence-corrected chi connectivity index (χ3v) is 4.10. The summed E-state index contributed by atoms with van der Waals surface area (Å²) < 4.78 is 6.58. The molecule has 0 aliphatic rings. The molecule has 1 rings (SSSR count). The van der Waals surface area contributed by atoms with Crippen molar-refractivity contribution in [3.8, 4) is 0 Å². The summed E-state index contributed by atoms with van der Waals surface area (Å²) in [6, 6.07) is 6.23. The zero-order chi connectivity index (χ0) is 13.8. The molecule has 0 spiro atoms. The molecule has 0 amide bonds. The second kappa shape index (κ2) is 6.90. The predicted octanol–water partition coefficient (Wildman–Crippen LogP) is 4.05. The van der Waals surface area contributed by atoms with Crippen LogP contribution in [-0.2, 0) is 11.2 Å². The van der Waals surface area contributed by atoms with Crippen LogP contribution < -0.4 is 5.32 Å². The van der Waals surface area contributed by atoms with Gasteiger partial charge in [0.25, 0.3) is 0 Å². The van der Waals surface area contributed by atoms with E-state index < -0.39 is 0 Å². The van der Waals surface area contributed by atoms with E-state index in [9.17, 15) is 0 Å². The molecule has 1 atom stereocenters. The minimum Gasteiger partial charge on any atom is -0.377 e. The van der Waals surface area contributed by atoms with E-state index in [2.05, 4.69) is 48.1 Å². The molecule has 0 radical (unpaired) electrons. The predicted molar refractivity (Wildman–Crippen MR) is 81.4 cm³/mol. The topological polar surface area (TPSA) is 21.3 Å². The van der Waals surface area contributed by atoms with Crippen LogP contribution in [0.2, 0.25) is 5.02 Å². The summed E-state index contributed by atoms with van der Waals surface area (Å²) in [5.41, 5.74) is 0.905. The van der Waals surface area contributed by atoms with E-state index in [-0.39, 0.29) is 11.6 Å². The van der Waals surface area contributed by atoms with Gasteiger partial charge in [0.1, 0.15) is 0 Å². The third-order valence-electron chi connectivity index (χ3n) is 3.25. The molecule has 102 valence electrons. The Hall–Kier alpha value is -0.0900. The van der Waals surface area contributed by atoms with Crippen LogP contribution in [0.1, 0.15) is 26.3 Å². The Labute approximate surface area is 123 Å². The van der Waals surface area contributed by atoms with Crippen molar-refractivity contribution in [1.29, 1.82) is 0 Å². The lowest BCUT2D eigenvalue weighted by Crippen LogP contribution is -2.49. The van der Waals surface area contributed by atoms with Gasteiger partial charge in [-0.1, -0.05) is 40.5 Å². The summed E-state index contributed by atoms with van der Waals surface area (Å²) in [6.45, 7) is 7.19. The monoisotopic (exact) mass is 333 g/mol. The van der Waals surface area contributed by atoms with Crippen LogP contribution in [-0.4, -0.2) is 25.3 Å². The van der Waals surface area contributed by atoms with Gasteiger partial charge in [0.15, 0.2) is 0 Å². The molecule has 0 aliphatic carbocycles. The van der Waals surface area contributed by atoms with E-state index in [1.54, 1.807) is 7.11 Å². The summed E-state index contributed by atoms with van der Waals surface area (Å²) >= 11 is 9.69. The minimum atomic E-state index is -0.230. The maximum atomic E-state index is 6.27. The number of ether oxygens (including phenoxy) is 1. The Morgan fingerprint density at radius 1 is 1.44 bits per heavy atom. The van der Waals surface area contributed by atoms with Crippen LogP contribution in [0.3, 0.4) is 0 Å². The van der Waals surface area contributed by atoms with Crippen molar-refractivity contribution in [3.63, 3.8) is 0 Å². The second-order valence-electron chi connectivity index (χ2n) is 4.86. The highest BCUT2D eigenvalue weighted by molar-refractivity contribution is 9.10. The number of methoxy groups -OCH3 is 1. The first kappa shape index (κ1) is 16.0. The number of halogens is 2. The molecule has 18 heavy (non-hydrogen) atoms. The van der Waals surface area contributed by atoms with Crippen molar-refractivity contribution in [2.24, 2.45) is 0 Å². The number of rotatable bonds is 6. The van der Waals surface area contributed by atoms with Crippen LogP contribution >= 0.6 is 27.5 Å². The van der Waals surface area contributed by atoms with E-state index in [4.69, 9.17) is 16.3 Å². The summed E-state index contributed by atoms with van der Waals surface area (Å²) in [6.07, 6.45) is 0.848. The van der Waals surface area contributed by atoms with Gasteiger partial charge in [-0.3, -0.25) is 0 Å². The van der Waals surface area contributed by atoms with Gasteiger partial charge in [-0.05, 0) is 44.5 Å². The zero-order valence-corrected chi connectivity index (χ0v) is 13.7. The largest absolute Gasteiger partial charge is 0.377 e. The van der Waals surface area contributed by atoms with Gasteiger partial charge in [0, 0.05) is 22.6 Å². The van der Waals surface area contributed by atoms with Gasteiger partial charge in [-0.2, -0.15) is 0 Å². The van der Waals surface area contributed by atoms with Gasteiger partial charge in [0.05, 0.1) is 5.60 Å². The zero-order valence-electron chi connectivity index (χ0n) is 11.4. The SMILES string of the molecule is CCNC(Cc1ccc(Br)cc1Cl)C(C)(C)OC. The summed E-state index contributed by atoms with van der Waals surface area (Å²) in [4.78, 5) is 0. The normalized spacial score (nSPS) is 13.7. The van der Waals surface area contributed by atoms with Crippen LogP contribution in [0.15, 0.2) is 22.7 Å². The quantitative estimate of drug-likeness (QED) is 0.847. The van der Waals surface area contributed by atoms with Crippen molar-refractivity contribution in [2.45, 2.75) is 38.8 Å². The Morgan fingerprint density at radius 3 is 2.61 bits per heavy atom. The highest BCUT2D eigenvalue weighted by atomic mass is 79.9. The molecule has 1 unspecified atom stereocenters. The number of nitrogens with one attached hydrogen (secondary N) is 1. The molecule has 2 nitrogen and oxygen atoms in total. The maximum Gasteiger partial charge on any atom is 0.0778 e. The van der Waals surface area contributed by atoms with Crippen molar-refractivity contribution < 1.29 is 4.74 Å². The Morgan fingerprint density at radius 2 is 2.11 bits per heavy atom. The van der Waals surface area contributed by atoms with E-state index in [0.717, 1.165) is 28.0 Å². The molecule has 4 heteroatoms. The molecule has 0 saturated heterocycles. The molecule has 1 aromatic rings. The lowest BCUT2D eigenvalue weighted by atomic mass is 9.92. The number of hydrogen-bond acceptors (Lipinski definition) is 2.